The number of H-pyrrole nitrogens is 1. The van der Waals surface area contributed by atoms with Gasteiger partial charge < -0.3 is 32.3 Å². The van der Waals surface area contributed by atoms with Crippen molar-refractivity contribution in [1.29, 1.82) is 0 Å². The third kappa shape index (κ3) is 11.1. The molecule has 0 saturated heterocycles. The van der Waals surface area contributed by atoms with Crippen LogP contribution in [0.15, 0.2) is 53.5 Å². The lowest BCUT2D eigenvalue weighted by atomic mass is 9.97. The molecule has 3 rings (SSSR count). The summed E-state index contributed by atoms with van der Waals surface area (Å²) in [5.41, 5.74) is 19.0. The quantitative estimate of drug-likeness (QED) is 0.0831. The van der Waals surface area contributed by atoms with Crippen LogP contribution in [0.1, 0.15) is 58.4 Å². The SMILES string of the molecule is CCCCC(=O)N(Cc1ccc(-c2ccccc2-c2nn[nH]n2)cc1)[C@H](C(=O)O)C(C)C.NC(N)=NCCC[C@H](N)C(=O)O. The van der Waals surface area contributed by atoms with Crippen LogP contribution in [-0.4, -0.2) is 78.2 Å². The highest BCUT2D eigenvalue weighted by atomic mass is 16.4. The lowest BCUT2D eigenvalue weighted by molar-refractivity contribution is -0.153. The lowest BCUT2D eigenvalue weighted by Crippen LogP contribution is -2.47. The highest BCUT2D eigenvalue weighted by Crippen LogP contribution is 2.30. The number of benzene rings is 2. The van der Waals surface area contributed by atoms with Crippen molar-refractivity contribution < 1.29 is 24.6 Å². The van der Waals surface area contributed by atoms with E-state index in [1.54, 1.807) is 0 Å². The number of nitrogens with two attached hydrogens (primary N) is 3. The fraction of sp³-hybridized carbons (Fsp3) is 0.433. The monoisotopic (exact) mass is 609 g/mol. The molecule has 1 heterocycles. The van der Waals surface area contributed by atoms with Crippen LogP contribution in [0.4, 0.5) is 0 Å². The third-order valence-electron chi connectivity index (χ3n) is 6.70. The van der Waals surface area contributed by atoms with Gasteiger partial charge in [0.2, 0.25) is 11.7 Å². The number of amides is 1. The summed E-state index contributed by atoms with van der Waals surface area (Å²) in [5.74, 6) is -1.77. The molecule has 2 atom stereocenters. The number of nitrogens with one attached hydrogen (secondary N) is 1. The number of unbranched alkanes of at least 4 members (excludes halogenated alkanes) is 1. The Kier molecular flexibility index (Phi) is 14.4. The predicted molar refractivity (Wildman–Crippen MR) is 167 cm³/mol. The van der Waals surface area contributed by atoms with Gasteiger partial charge in [-0.25, -0.2) is 4.79 Å². The number of aromatic nitrogens is 4. The summed E-state index contributed by atoms with van der Waals surface area (Å²) in [5, 5.41) is 32.4. The average Bonchev–Trinajstić information content (AvgIpc) is 3.53. The zero-order valence-electron chi connectivity index (χ0n) is 25.4. The molecule has 1 aromatic heterocycles. The second kappa shape index (κ2) is 18.0. The van der Waals surface area contributed by atoms with E-state index in [-0.39, 0.29) is 24.3 Å². The summed E-state index contributed by atoms with van der Waals surface area (Å²) >= 11 is 0. The minimum absolute atomic E-state index is 0.0129. The van der Waals surface area contributed by atoms with Gasteiger partial charge in [0.1, 0.15) is 12.1 Å². The number of hydrogen-bond donors (Lipinski definition) is 6. The molecule has 0 saturated carbocycles. The highest BCUT2D eigenvalue weighted by Gasteiger charge is 2.32. The van der Waals surface area contributed by atoms with Gasteiger partial charge in [-0.05, 0) is 47.1 Å². The summed E-state index contributed by atoms with van der Waals surface area (Å²) < 4.78 is 0. The van der Waals surface area contributed by atoms with Crippen LogP contribution in [0.3, 0.4) is 0 Å². The molecule has 238 valence electrons. The van der Waals surface area contributed by atoms with Crippen LogP contribution in [0.5, 0.6) is 0 Å². The van der Waals surface area contributed by atoms with Crippen molar-refractivity contribution in [2.45, 2.75) is 71.5 Å². The number of tetrazole rings is 1. The van der Waals surface area contributed by atoms with Crippen LogP contribution >= 0.6 is 0 Å². The van der Waals surface area contributed by atoms with Gasteiger partial charge in [-0.2, -0.15) is 5.21 Å². The molecule has 44 heavy (non-hydrogen) atoms. The highest BCUT2D eigenvalue weighted by molar-refractivity contribution is 5.84. The summed E-state index contributed by atoms with van der Waals surface area (Å²) in [7, 11) is 0. The van der Waals surface area contributed by atoms with Gasteiger partial charge in [0.15, 0.2) is 5.96 Å². The van der Waals surface area contributed by atoms with E-state index in [9.17, 15) is 19.5 Å². The Morgan fingerprint density at radius 1 is 0.977 bits per heavy atom. The molecule has 0 aliphatic rings. The molecular formula is C30H43N9O5. The zero-order chi connectivity index (χ0) is 32.6. The summed E-state index contributed by atoms with van der Waals surface area (Å²) in [6.45, 7) is 6.35. The van der Waals surface area contributed by atoms with Crippen LogP contribution in [-0.2, 0) is 20.9 Å². The number of carbonyl (C=O) groups is 3. The molecule has 0 aliphatic carbocycles. The first-order chi connectivity index (χ1) is 21.0. The van der Waals surface area contributed by atoms with Crippen molar-refractivity contribution in [3.63, 3.8) is 0 Å². The number of aliphatic carboxylic acids is 2. The molecule has 0 bridgehead atoms. The first-order valence-corrected chi connectivity index (χ1v) is 14.4. The topological polar surface area (TPSA) is 240 Å². The number of carbonyl (C=O) groups excluding carboxylic acids is 1. The number of guanidine groups is 1. The van der Waals surface area contributed by atoms with Gasteiger partial charge in [-0.15, -0.1) is 10.2 Å². The Labute approximate surface area is 256 Å². The van der Waals surface area contributed by atoms with E-state index in [2.05, 4.69) is 25.6 Å². The Bertz CT molecular complexity index is 1360. The van der Waals surface area contributed by atoms with Gasteiger partial charge >= 0.3 is 11.9 Å². The second-order valence-corrected chi connectivity index (χ2v) is 10.5. The van der Waals surface area contributed by atoms with E-state index in [0.29, 0.717) is 31.6 Å². The molecule has 14 heteroatoms. The summed E-state index contributed by atoms with van der Waals surface area (Å²) in [6, 6.07) is 13.9. The summed E-state index contributed by atoms with van der Waals surface area (Å²) in [6.07, 6.45) is 2.93. The van der Waals surface area contributed by atoms with Crippen molar-refractivity contribution in [1.82, 2.24) is 25.5 Å². The Balaban J connectivity index is 0.000000477. The normalized spacial score (nSPS) is 12.0. The van der Waals surface area contributed by atoms with Gasteiger partial charge in [-0.3, -0.25) is 14.6 Å². The van der Waals surface area contributed by atoms with E-state index >= 15 is 0 Å². The maximum atomic E-state index is 12.9. The first-order valence-electron chi connectivity index (χ1n) is 14.4. The van der Waals surface area contributed by atoms with Gasteiger partial charge in [0.05, 0.1) is 0 Å². The van der Waals surface area contributed by atoms with Crippen molar-refractivity contribution in [2.24, 2.45) is 28.1 Å². The van der Waals surface area contributed by atoms with Crippen LogP contribution in [0.2, 0.25) is 0 Å². The molecule has 0 aliphatic heterocycles. The van der Waals surface area contributed by atoms with E-state index in [0.717, 1.165) is 35.1 Å². The molecule has 3 aromatic rings. The molecule has 9 N–H and O–H groups in total. The Hall–Kier alpha value is -4.85. The van der Waals surface area contributed by atoms with Crippen molar-refractivity contribution in [2.75, 3.05) is 6.54 Å². The number of hydrogen-bond acceptors (Lipinski definition) is 8. The first kappa shape index (κ1) is 35.3. The Morgan fingerprint density at radius 3 is 2.16 bits per heavy atom. The maximum absolute atomic E-state index is 12.9. The molecule has 14 nitrogen and oxygen atoms in total. The Morgan fingerprint density at radius 2 is 1.64 bits per heavy atom. The molecule has 0 unspecified atom stereocenters. The lowest BCUT2D eigenvalue weighted by Gasteiger charge is -2.32. The van der Waals surface area contributed by atoms with E-state index in [1.165, 1.54) is 4.90 Å². The van der Waals surface area contributed by atoms with Gasteiger partial charge in [0, 0.05) is 25.1 Å². The molecule has 2 aromatic carbocycles. The molecule has 0 spiro atoms. The minimum Gasteiger partial charge on any atom is -0.480 e. The number of aromatic amines is 1. The molecule has 0 radical (unpaired) electrons. The molecule has 0 fully saturated rings. The molecular weight excluding hydrogens is 566 g/mol. The van der Waals surface area contributed by atoms with E-state index < -0.39 is 24.0 Å². The van der Waals surface area contributed by atoms with Gasteiger partial charge in [0.25, 0.3) is 0 Å². The van der Waals surface area contributed by atoms with Crippen LogP contribution < -0.4 is 17.2 Å². The van der Waals surface area contributed by atoms with Crippen LogP contribution in [0.25, 0.3) is 22.5 Å². The number of aliphatic imine (C=N–C) groups is 1. The fourth-order valence-corrected chi connectivity index (χ4v) is 4.43. The van der Waals surface area contributed by atoms with Crippen molar-refractivity contribution in [3.05, 3.63) is 54.1 Å². The van der Waals surface area contributed by atoms with Gasteiger partial charge in [-0.1, -0.05) is 75.7 Å². The summed E-state index contributed by atoms with van der Waals surface area (Å²) in [4.78, 5) is 40.2. The van der Waals surface area contributed by atoms with E-state index in [1.807, 2.05) is 69.3 Å². The smallest absolute Gasteiger partial charge is 0.326 e. The maximum Gasteiger partial charge on any atom is 0.326 e. The number of carboxylic acid groups (broad SMARTS) is 2. The minimum atomic E-state index is -1.00. The standard InChI is InChI=1S/C24H29N5O3.C6H14N4O2/c1-4-5-10-21(30)29(22(16(2)3)24(31)32)15-17-11-13-18(14-12-17)19-8-6-7-9-20(19)23-25-27-28-26-23;7-4(5(11)12)2-1-3-10-6(8)9/h6-9,11-14,16,22H,4-5,10,15H2,1-3H3,(H,31,32)(H,25,26,27,28);4H,1-3,7H2,(H,11,12)(H4,8,9,10)/t22-;4-/m00/s1. The fourth-order valence-electron chi connectivity index (χ4n) is 4.43. The van der Waals surface area contributed by atoms with Crippen molar-refractivity contribution in [3.8, 4) is 22.5 Å². The second-order valence-electron chi connectivity index (χ2n) is 10.5. The van der Waals surface area contributed by atoms with Crippen LogP contribution in [0, 0.1) is 5.92 Å². The number of nitrogens with zero attached hydrogens (tertiary/aromatic N) is 5. The predicted octanol–water partition coefficient (Wildman–Crippen LogP) is 2.61. The molecule has 1 amide bonds. The van der Waals surface area contributed by atoms with E-state index in [4.69, 9.17) is 22.3 Å². The largest absolute Gasteiger partial charge is 0.480 e. The average molecular weight is 610 g/mol. The van der Waals surface area contributed by atoms with Crippen molar-refractivity contribution >= 4 is 23.8 Å². The number of rotatable bonds is 15. The third-order valence-corrected chi connectivity index (χ3v) is 6.70. The number of carboxylic acids is 2. The zero-order valence-corrected chi connectivity index (χ0v) is 25.4.